The van der Waals surface area contributed by atoms with E-state index in [-0.39, 0.29) is 12.0 Å². The van der Waals surface area contributed by atoms with Crippen molar-refractivity contribution in [2.24, 2.45) is 0 Å². The van der Waals surface area contributed by atoms with Crippen molar-refractivity contribution in [3.05, 3.63) is 35.4 Å². The first-order valence-corrected chi connectivity index (χ1v) is 5.98. The van der Waals surface area contributed by atoms with Crippen LogP contribution < -0.4 is 4.74 Å². The largest absolute Gasteiger partial charge is 0.493 e. The van der Waals surface area contributed by atoms with E-state index in [2.05, 4.69) is 0 Å². The summed E-state index contributed by atoms with van der Waals surface area (Å²) < 4.78 is 43.4. The normalized spacial score (nSPS) is 12.3. The Balaban J connectivity index is 3.24. The Morgan fingerprint density at radius 3 is 2.55 bits per heavy atom. The van der Waals surface area contributed by atoms with Crippen LogP contribution >= 0.6 is 0 Å². The summed E-state index contributed by atoms with van der Waals surface area (Å²) >= 11 is 0. The molecule has 0 atom stereocenters. The monoisotopic (exact) mass is 288 g/mol. The van der Waals surface area contributed by atoms with E-state index < -0.39 is 17.7 Å². The number of rotatable bonds is 5. The first kappa shape index (κ1) is 16.1. The average Bonchev–Trinajstić information content (AvgIpc) is 2.35. The number of allylic oxidation sites excluding steroid dienone is 1. The van der Waals surface area contributed by atoms with Crippen molar-refractivity contribution in [3.8, 4) is 5.75 Å². The van der Waals surface area contributed by atoms with E-state index in [9.17, 15) is 18.0 Å². The van der Waals surface area contributed by atoms with Gasteiger partial charge in [0.1, 0.15) is 5.75 Å². The van der Waals surface area contributed by atoms with E-state index in [0.29, 0.717) is 17.9 Å². The smallest absolute Gasteiger partial charge is 0.416 e. The molecule has 6 heteroatoms. The molecule has 0 aliphatic rings. The fraction of sp³-hybridized carbons (Fsp3) is 0.357. The van der Waals surface area contributed by atoms with Gasteiger partial charge in [0.25, 0.3) is 0 Å². The second-order valence-corrected chi connectivity index (χ2v) is 4.13. The predicted octanol–water partition coefficient (Wildman–Crippen LogP) is 3.98. The lowest BCUT2D eigenvalue weighted by Gasteiger charge is -2.14. The predicted molar refractivity (Wildman–Crippen MR) is 68.5 cm³/mol. The second-order valence-electron chi connectivity index (χ2n) is 4.13. The van der Waals surface area contributed by atoms with Gasteiger partial charge in [0.15, 0.2) is 0 Å². The molecule has 1 aromatic rings. The third-order valence-corrected chi connectivity index (χ3v) is 2.61. The van der Waals surface area contributed by atoms with Crippen molar-refractivity contribution in [3.63, 3.8) is 0 Å². The van der Waals surface area contributed by atoms with Crippen molar-refractivity contribution in [1.82, 2.24) is 0 Å². The highest BCUT2D eigenvalue weighted by Gasteiger charge is 2.31. The van der Waals surface area contributed by atoms with Gasteiger partial charge in [0, 0.05) is 5.56 Å². The minimum atomic E-state index is -4.45. The van der Waals surface area contributed by atoms with Gasteiger partial charge in [-0.3, -0.25) is 4.79 Å². The van der Waals surface area contributed by atoms with Gasteiger partial charge in [-0.2, -0.15) is 13.2 Å². The molecule has 0 unspecified atom stereocenters. The highest BCUT2D eigenvalue weighted by molar-refractivity contribution is 5.75. The minimum Gasteiger partial charge on any atom is -0.493 e. The summed E-state index contributed by atoms with van der Waals surface area (Å²) in [7, 11) is 0. The molecular formula is C14H15F3O3. The van der Waals surface area contributed by atoms with Crippen molar-refractivity contribution in [2.45, 2.75) is 26.4 Å². The highest BCUT2D eigenvalue weighted by Crippen LogP contribution is 2.35. The molecule has 0 spiro atoms. The van der Waals surface area contributed by atoms with Crippen LogP contribution in [0.3, 0.4) is 0 Å². The molecular weight excluding hydrogens is 273 g/mol. The van der Waals surface area contributed by atoms with Crippen molar-refractivity contribution in [2.75, 3.05) is 6.61 Å². The molecule has 0 aliphatic heterocycles. The summed E-state index contributed by atoms with van der Waals surface area (Å²) in [6.07, 6.45) is -3.35. The Hall–Kier alpha value is -1.98. The van der Waals surface area contributed by atoms with E-state index in [1.807, 2.05) is 0 Å². The summed E-state index contributed by atoms with van der Waals surface area (Å²) in [6.45, 7) is 3.59. The molecule has 1 aromatic carbocycles. The van der Waals surface area contributed by atoms with Crippen LogP contribution in [-0.2, 0) is 11.0 Å². The molecule has 0 aromatic heterocycles. The lowest BCUT2D eigenvalue weighted by atomic mass is 10.0. The summed E-state index contributed by atoms with van der Waals surface area (Å²) in [4.78, 5) is 10.5. The maximum Gasteiger partial charge on any atom is 0.416 e. The van der Waals surface area contributed by atoms with Gasteiger partial charge in [0.05, 0.1) is 18.6 Å². The number of hydrogen-bond donors (Lipinski definition) is 1. The molecule has 0 fully saturated rings. The number of carboxylic acid groups (broad SMARTS) is 1. The van der Waals surface area contributed by atoms with Gasteiger partial charge in [-0.1, -0.05) is 6.08 Å². The molecule has 0 bridgehead atoms. The van der Waals surface area contributed by atoms with E-state index >= 15 is 0 Å². The molecule has 110 valence electrons. The van der Waals surface area contributed by atoms with Gasteiger partial charge < -0.3 is 9.84 Å². The van der Waals surface area contributed by atoms with Crippen LogP contribution in [0.4, 0.5) is 13.2 Å². The third kappa shape index (κ3) is 4.29. The lowest BCUT2D eigenvalue weighted by molar-refractivity contribution is -0.138. The Kier molecular flexibility index (Phi) is 5.19. The Morgan fingerprint density at radius 2 is 2.05 bits per heavy atom. The van der Waals surface area contributed by atoms with Gasteiger partial charge >= 0.3 is 12.1 Å². The van der Waals surface area contributed by atoms with Crippen LogP contribution in [0, 0.1) is 0 Å². The van der Waals surface area contributed by atoms with Crippen LogP contribution in [0.5, 0.6) is 5.75 Å². The van der Waals surface area contributed by atoms with E-state index in [1.165, 1.54) is 12.1 Å². The highest BCUT2D eigenvalue weighted by atomic mass is 19.4. The number of ether oxygens (including phenoxy) is 1. The van der Waals surface area contributed by atoms with Crippen molar-refractivity contribution >= 4 is 11.5 Å². The number of carbonyl (C=O) groups is 1. The van der Waals surface area contributed by atoms with Gasteiger partial charge in [0.2, 0.25) is 0 Å². The fourth-order valence-corrected chi connectivity index (χ4v) is 1.65. The number of hydrogen-bond acceptors (Lipinski definition) is 2. The molecule has 0 amide bonds. The molecule has 20 heavy (non-hydrogen) atoms. The average molecular weight is 288 g/mol. The summed E-state index contributed by atoms with van der Waals surface area (Å²) in [5.41, 5.74) is -0.107. The molecule has 0 saturated carbocycles. The number of carboxylic acids is 1. The standard InChI is InChI=1S/C14H15F3O3/c1-3-20-12-6-5-10(14(15,16)17)8-11(12)9(2)4-7-13(18)19/h4-6,8H,3,7H2,1-2H3,(H,18,19)/b9-4+. The number of alkyl halides is 3. The lowest BCUT2D eigenvalue weighted by Crippen LogP contribution is -2.06. The zero-order chi connectivity index (χ0) is 15.3. The Bertz CT molecular complexity index is 519. The maximum absolute atomic E-state index is 12.7. The van der Waals surface area contributed by atoms with E-state index in [0.717, 1.165) is 12.1 Å². The molecule has 0 radical (unpaired) electrons. The van der Waals surface area contributed by atoms with Crippen LogP contribution in [0.2, 0.25) is 0 Å². The number of aliphatic carboxylic acids is 1. The summed E-state index contributed by atoms with van der Waals surface area (Å²) in [6, 6.07) is 3.16. The van der Waals surface area contributed by atoms with Crippen LogP contribution in [0.25, 0.3) is 5.57 Å². The number of benzene rings is 1. The minimum absolute atomic E-state index is 0.253. The second kappa shape index (κ2) is 6.45. The van der Waals surface area contributed by atoms with E-state index in [4.69, 9.17) is 9.84 Å². The van der Waals surface area contributed by atoms with Crippen molar-refractivity contribution in [1.29, 1.82) is 0 Å². The summed E-state index contributed by atoms with van der Waals surface area (Å²) in [5.74, 6) is -0.742. The van der Waals surface area contributed by atoms with Gasteiger partial charge in [-0.15, -0.1) is 0 Å². The molecule has 0 aliphatic carbocycles. The van der Waals surface area contributed by atoms with Crippen LogP contribution in [-0.4, -0.2) is 17.7 Å². The first-order valence-electron chi connectivity index (χ1n) is 5.98. The van der Waals surface area contributed by atoms with Gasteiger partial charge in [-0.25, -0.2) is 0 Å². The number of halogens is 3. The third-order valence-electron chi connectivity index (χ3n) is 2.61. The Morgan fingerprint density at radius 1 is 1.40 bits per heavy atom. The first-order chi connectivity index (χ1) is 9.25. The van der Waals surface area contributed by atoms with E-state index in [1.54, 1.807) is 13.8 Å². The van der Waals surface area contributed by atoms with Crippen molar-refractivity contribution < 1.29 is 27.8 Å². The van der Waals surface area contributed by atoms with Crippen LogP contribution in [0.15, 0.2) is 24.3 Å². The summed E-state index contributed by atoms with van der Waals surface area (Å²) in [5, 5.41) is 8.61. The quantitative estimate of drug-likeness (QED) is 0.891. The fourth-order valence-electron chi connectivity index (χ4n) is 1.65. The SMILES string of the molecule is CCOc1ccc(C(F)(F)F)cc1/C(C)=C/CC(=O)O. The zero-order valence-electron chi connectivity index (χ0n) is 11.1. The maximum atomic E-state index is 12.7. The van der Waals surface area contributed by atoms with Gasteiger partial charge in [-0.05, 0) is 37.6 Å². The molecule has 1 rings (SSSR count). The molecule has 1 N–H and O–H groups in total. The Labute approximate surface area is 114 Å². The molecule has 3 nitrogen and oxygen atoms in total. The topological polar surface area (TPSA) is 46.5 Å². The zero-order valence-corrected chi connectivity index (χ0v) is 11.1. The molecule has 0 heterocycles. The molecule has 0 saturated heterocycles. The van der Waals surface area contributed by atoms with Crippen LogP contribution in [0.1, 0.15) is 31.4 Å².